The summed E-state index contributed by atoms with van der Waals surface area (Å²) < 4.78 is 26.3. The number of hydrogen-bond donors (Lipinski definition) is 1. The Kier molecular flexibility index (Phi) is 3.03. The van der Waals surface area contributed by atoms with Crippen molar-refractivity contribution < 1.29 is 18.3 Å². The number of carboxylic acids is 1. The molecule has 0 amide bonds. The van der Waals surface area contributed by atoms with Crippen molar-refractivity contribution in [1.82, 2.24) is 3.97 Å². The topological polar surface area (TPSA) is 76.4 Å². The van der Waals surface area contributed by atoms with Gasteiger partial charge in [-0.25, -0.2) is 17.2 Å². The summed E-state index contributed by atoms with van der Waals surface area (Å²) in [6.45, 7) is 0. The Morgan fingerprint density at radius 2 is 1.57 bits per heavy atom. The summed E-state index contributed by atoms with van der Waals surface area (Å²) >= 11 is 0. The van der Waals surface area contributed by atoms with Crippen LogP contribution < -0.4 is 0 Å². The monoisotopic (exact) mass is 301 g/mol. The Morgan fingerprint density at radius 3 is 2.24 bits per heavy atom. The molecule has 21 heavy (non-hydrogen) atoms. The third-order valence-electron chi connectivity index (χ3n) is 3.17. The van der Waals surface area contributed by atoms with E-state index in [2.05, 4.69) is 0 Å². The zero-order valence-corrected chi connectivity index (χ0v) is 11.6. The van der Waals surface area contributed by atoms with Crippen molar-refractivity contribution in [2.24, 2.45) is 0 Å². The van der Waals surface area contributed by atoms with Gasteiger partial charge in [0.2, 0.25) is 0 Å². The average Bonchev–Trinajstić information content (AvgIpc) is 2.88. The van der Waals surface area contributed by atoms with Gasteiger partial charge in [-0.05, 0) is 24.3 Å². The standard InChI is InChI=1S/C15H11NO4S/c17-15(18)14-10-11-6-4-5-9-13(11)16(14)21(19,20)12-7-2-1-3-8-12/h1-10H,(H,17,18). The quantitative estimate of drug-likeness (QED) is 0.806. The summed E-state index contributed by atoms with van der Waals surface area (Å²) in [6.07, 6.45) is 0. The number of fused-ring (bicyclic) bond motifs is 1. The van der Waals surface area contributed by atoms with E-state index in [9.17, 15) is 18.3 Å². The van der Waals surface area contributed by atoms with Gasteiger partial charge in [-0.2, -0.15) is 0 Å². The van der Waals surface area contributed by atoms with Crippen LogP contribution in [0.25, 0.3) is 10.9 Å². The van der Waals surface area contributed by atoms with Crippen molar-refractivity contribution in [3.63, 3.8) is 0 Å². The second-order valence-electron chi connectivity index (χ2n) is 4.48. The van der Waals surface area contributed by atoms with Crippen molar-refractivity contribution in [1.29, 1.82) is 0 Å². The summed E-state index contributed by atoms with van der Waals surface area (Å²) in [5.41, 5.74) is 0.0683. The Bertz CT molecular complexity index is 927. The highest BCUT2D eigenvalue weighted by Crippen LogP contribution is 2.25. The first kappa shape index (κ1) is 13.4. The Labute approximate surface area is 121 Å². The first-order chi connectivity index (χ1) is 10.0. The van der Waals surface area contributed by atoms with E-state index in [0.717, 1.165) is 3.97 Å². The van der Waals surface area contributed by atoms with E-state index >= 15 is 0 Å². The number of carboxylic acid groups (broad SMARTS) is 1. The molecule has 0 unspecified atom stereocenters. The zero-order valence-electron chi connectivity index (χ0n) is 10.8. The van der Waals surface area contributed by atoms with Gasteiger partial charge >= 0.3 is 5.97 Å². The van der Waals surface area contributed by atoms with Gasteiger partial charge in [-0.1, -0.05) is 36.4 Å². The van der Waals surface area contributed by atoms with Crippen LogP contribution >= 0.6 is 0 Å². The summed E-state index contributed by atoms with van der Waals surface area (Å²) in [6, 6.07) is 15.8. The van der Waals surface area contributed by atoms with Crippen molar-refractivity contribution >= 4 is 26.9 Å². The highest BCUT2D eigenvalue weighted by Gasteiger charge is 2.25. The van der Waals surface area contributed by atoms with Crippen LogP contribution in [0.5, 0.6) is 0 Å². The van der Waals surface area contributed by atoms with E-state index in [1.807, 2.05) is 0 Å². The zero-order chi connectivity index (χ0) is 15.0. The lowest BCUT2D eigenvalue weighted by atomic mass is 10.2. The summed E-state index contributed by atoms with van der Waals surface area (Å²) in [4.78, 5) is 11.4. The Morgan fingerprint density at radius 1 is 0.952 bits per heavy atom. The molecular formula is C15H11NO4S. The fraction of sp³-hybridized carbons (Fsp3) is 0. The van der Waals surface area contributed by atoms with Gasteiger partial charge in [0.25, 0.3) is 10.0 Å². The molecule has 0 spiro atoms. The molecule has 3 rings (SSSR count). The number of hydrogen-bond acceptors (Lipinski definition) is 3. The minimum atomic E-state index is -3.96. The fourth-order valence-corrected chi connectivity index (χ4v) is 3.76. The number of para-hydroxylation sites is 1. The molecule has 0 atom stereocenters. The van der Waals surface area contributed by atoms with Crippen LogP contribution in [0.4, 0.5) is 0 Å². The normalized spacial score (nSPS) is 11.6. The smallest absolute Gasteiger partial charge is 0.353 e. The minimum absolute atomic E-state index is 0.0499. The van der Waals surface area contributed by atoms with Gasteiger partial charge in [-0.3, -0.25) is 0 Å². The Balaban J connectivity index is 2.39. The second-order valence-corrected chi connectivity index (χ2v) is 6.26. The number of nitrogens with zero attached hydrogens (tertiary/aromatic N) is 1. The number of rotatable bonds is 3. The van der Waals surface area contributed by atoms with E-state index in [1.165, 1.54) is 18.2 Å². The number of aromatic nitrogens is 1. The molecule has 1 heterocycles. The van der Waals surface area contributed by atoms with Crippen molar-refractivity contribution in [2.45, 2.75) is 4.90 Å². The van der Waals surface area contributed by atoms with Crippen molar-refractivity contribution in [2.75, 3.05) is 0 Å². The lowest BCUT2D eigenvalue weighted by molar-refractivity contribution is 0.0689. The molecule has 0 aliphatic carbocycles. The molecule has 5 nitrogen and oxygen atoms in total. The highest BCUT2D eigenvalue weighted by molar-refractivity contribution is 7.90. The van der Waals surface area contributed by atoms with Crippen LogP contribution in [0.1, 0.15) is 10.5 Å². The lowest BCUT2D eigenvalue weighted by Crippen LogP contribution is -2.18. The van der Waals surface area contributed by atoms with Crippen LogP contribution in [0.15, 0.2) is 65.6 Å². The molecule has 0 aliphatic heterocycles. The van der Waals surface area contributed by atoms with Gasteiger partial charge in [0, 0.05) is 5.39 Å². The second kappa shape index (κ2) is 4.75. The van der Waals surface area contributed by atoms with Crippen LogP contribution in [0, 0.1) is 0 Å². The SMILES string of the molecule is O=C(O)c1cc2ccccc2n1S(=O)(=O)c1ccccc1. The first-order valence-corrected chi connectivity index (χ1v) is 7.60. The molecule has 0 saturated heterocycles. The molecule has 6 heteroatoms. The molecule has 0 radical (unpaired) electrons. The van der Waals surface area contributed by atoms with Crippen LogP contribution in [0.3, 0.4) is 0 Å². The van der Waals surface area contributed by atoms with E-state index in [0.29, 0.717) is 10.9 Å². The first-order valence-electron chi connectivity index (χ1n) is 6.16. The third kappa shape index (κ3) is 2.09. The highest BCUT2D eigenvalue weighted by atomic mass is 32.2. The predicted molar refractivity (Wildman–Crippen MR) is 77.9 cm³/mol. The van der Waals surface area contributed by atoms with Crippen molar-refractivity contribution in [3.05, 3.63) is 66.4 Å². The largest absolute Gasteiger partial charge is 0.477 e. The Hall–Kier alpha value is -2.60. The maximum Gasteiger partial charge on any atom is 0.353 e. The van der Waals surface area contributed by atoms with Crippen LogP contribution in [0.2, 0.25) is 0 Å². The maximum absolute atomic E-state index is 12.7. The molecule has 3 aromatic rings. The molecular weight excluding hydrogens is 290 g/mol. The molecule has 1 N–H and O–H groups in total. The number of carbonyl (C=O) groups is 1. The third-order valence-corrected chi connectivity index (χ3v) is 4.91. The molecule has 0 aliphatic rings. The molecule has 0 bridgehead atoms. The summed E-state index contributed by atoms with van der Waals surface area (Å²) in [7, 11) is -3.96. The van der Waals surface area contributed by atoms with Gasteiger partial charge < -0.3 is 5.11 Å². The van der Waals surface area contributed by atoms with Gasteiger partial charge in [0.15, 0.2) is 0 Å². The predicted octanol–water partition coefficient (Wildman–Crippen LogP) is 2.58. The van der Waals surface area contributed by atoms with E-state index < -0.39 is 16.0 Å². The number of benzene rings is 2. The molecule has 1 aromatic heterocycles. The number of aromatic carboxylic acids is 1. The average molecular weight is 301 g/mol. The van der Waals surface area contributed by atoms with Gasteiger partial charge in [-0.15, -0.1) is 0 Å². The fourth-order valence-electron chi connectivity index (χ4n) is 2.24. The molecule has 106 valence electrons. The summed E-state index contributed by atoms with van der Waals surface area (Å²) in [5.74, 6) is -1.29. The molecule has 0 fully saturated rings. The molecule has 2 aromatic carbocycles. The van der Waals surface area contributed by atoms with E-state index in [4.69, 9.17) is 0 Å². The van der Waals surface area contributed by atoms with Gasteiger partial charge in [0.05, 0.1) is 10.4 Å². The maximum atomic E-state index is 12.7. The van der Waals surface area contributed by atoms with Crippen LogP contribution in [-0.2, 0) is 10.0 Å². The molecule has 0 saturated carbocycles. The van der Waals surface area contributed by atoms with E-state index in [-0.39, 0.29) is 10.6 Å². The minimum Gasteiger partial charge on any atom is -0.477 e. The lowest BCUT2D eigenvalue weighted by Gasteiger charge is -2.09. The van der Waals surface area contributed by atoms with Crippen LogP contribution in [-0.4, -0.2) is 23.5 Å². The summed E-state index contributed by atoms with van der Waals surface area (Å²) in [5, 5.41) is 9.86. The van der Waals surface area contributed by atoms with Gasteiger partial charge in [0.1, 0.15) is 5.69 Å². The van der Waals surface area contributed by atoms with E-state index in [1.54, 1.807) is 42.5 Å². The van der Waals surface area contributed by atoms with Crippen molar-refractivity contribution in [3.8, 4) is 0 Å².